The maximum Gasteiger partial charge on any atom is 0.290 e. The molecule has 1 aliphatic carbocycles. The number of aryl methyl sites for hydroxylation is 1. The Kier molecular flexibility index (Phi) is 5.52. The molecule has 0 aromatic heterocycles. The van der Waals surface area contributed by atoms with E-state index in [1.165, 1.54) is 28.7 Å². The summed E-state index contributed by atoms with van der Waals surface area (Å²) < 4.78 is 0. The molecule has 5 heteroatoms. The average Bonchev–Trinajstić information content (AvgIpc) is 3.02. The molecular formula is C27H32N2O2S. The van der Waals surface area contributed by atoms with Crippen LogP contribution in [-0.2, 0) is 15.6 Å². The molecule has 168 valence electrons. The third-order valence-corrected chi connectivity index (χ3v) is 7.76. The Bertz CT molecular complexity index is 1160. The minimum absolute atomic E-state index is 0.104. The van der Waals surface area contributed by atoms with Gasteiger partial charge in [-0.2, -0.15) is 0 Å². The Morgan fingerprint density at radius 2 is 1.62 bits per heavy atom. The van der Waals surface area contributed by atoms with Crippen LogP contribution in [0.1, 0.15) is 62.8 Å². The number of anilines is 1. The number of imide groups is 1. The van der Waals surface area contributed by atoms with Crippen LogP contribution in [0.3, 0.4) is 0 Å². The van der Waals surface area contributed by atoms with Gasteiger partial charge in [0.1, 0.15) is 0 Å². The van der Waals surface area contributed by atoms with E-state index in [9.17, 15) is 9.59 Å². The fraction of sp³-hybridized carbons (Fsp3) is 0.407. The fourth-order valence-electron chi connectivity index (χ4n) is 4.90. The van der Waals surface area contributed by atoms with Gasteiger partial charge in [-0.15, -0.1) is 0 Å². The molecule has 1 heterocycles. The van der Waals surface area contributed by atoms with E-state index >= 15 is 0 Å². The SMILES string of the molecule is Cc1cc2c(cc1-c1c(/C=C3\SC(=O)NC3=O)cccc1N(C)C)C(C)(C)CCC2(C)C. The Morgan fingerprint density at radius 1 is 1.00 bits per heavy atom. The zero-order valence-electron chi connectivity index (χ0n) is 20.1. The van der Waals surface area contributed by atoms with E-state index in [2.05, 4.69) is 63.0 Å². The van der Waals surface area contributed by atoms with E-state index in [1.807, 2.05) is 32.3 Å². The zero-order chi connectivity index (χ0) is 23.4. The second-order valence-corrected chi connectivity index (χ2v) is 11.5. The number of rotatable bonds is 3. The van der Waals surface area contributed by atoms with Gasteiger partial charge in [-0.25, -0.2) is 0 Å². The van der Waals surface area contributed by atoms with Crippen molar-refractivity contribution in [1.82, 2.24) is 5.32 Å². The monoisotopic (exact) mass is 448 g/mol. The first kappa shape index (κ1) is 22.7. The fourth-order valence-corrected chi connectivity index (χ4v) is 5.57. The van der Waals surface area contributed by atoms with Crippen LogP contribution in [0.2, 0.25) is 0 Å². The number of nitrogens with one attached hydrogen (secondary N) is 1. The molecule has 2 amide bonds. The number of carbonyl (C=O) groups excluding carboxylic acids is 2. The van der Waals surface area contributed by atoms with Gasteiger partial charge in [-0.05, 0) is 88.4 Å². The van der Waals surface area contributed by atoms with Gasteiger partial charge in [0, 0.05) is 25.3 Å². The number of fused-ring (bicyclic) bond motifs is 1. The van der Waals surface area contributed by atoms with Gasteiger partial charge >= 0.3 is 0 Å². The predicted octanol–water partition coefficient (Wildman–Crippen LogP) is 6.40. The van der Waals surface area contributed by atoms with E-state index in [-0.39, 0.29) is 22.0 Å². The summed E-state index contributed by atoms with van der Waals surface area (Å²) >= 11 is 0.961. The van der Waals surface area contributed by atoms with Gasteiger partial charge in [0.15, 0.2) is 0 Å². The lowest BCUT2D eigenvalue weighted by atomic mass is 9.62. The molecule has 0 radical (unpaired) electrons. The number of amides is 2. The number of hydrogen-bond donors (Lipinski definition) is 1. The number of carbonyl (C=O) groups is 2. The molecule has 4 nitrogen and oxygen atoms in total. The molecule has 2 aliphatic rings. The van der Waals surface area contributed by atoms with E-state index in [0.717, 1.165) is 35.0 Å². The van der Waals surface area contributed by atoms with Crippen molar-refractivity contribution in [3.63, 3.8) is 0 Å². The van der Waals surface area contributed by atoms with E-state index in [0.29, 0.717) is 4.91 Å². The molecule has 2 aromatic carbocycles. The average molecular weight is 449 g/mol. The molecule has 1 aliphatic heterocycles. The van der Waals surface area contributed by atoms with Crippen LogP contribution >= 0.6 is 11.8 Å². The van der Waals surface area contributed by atoms with Gasteiger partial charge in [-0.1, -0.05) is 45.9 Å². The van der Waals surface area contributed by atoms with Crippen LogP contribution in [0.5, 0.6) is 0 Å². The first-order chi connectivity index (χ1) is 14.9. The number of hydrogen-bond acceptors (Lipinski definition) is 4. The maximum atomic E-state index is 12.2. The van der Waals surface area contributed by atoms with Crippen LogP contribution in [0.4, 0.5) is 10.5 Å². The first-order valence-corrected chi connectivity index (χ1v) is 11.9. The van der Waals surface area contributed by atoms with Crippen molar-refractivity contribution >= 4 is 34.7 Å². The molecule has 2 aromatic rings. The molecule has 0 atom stereocenters. The lowest BCUT2D eigenvalue weighted by molar-refractivity contribution is -0.115. The van der Waals surface area contributed by atoms with Crippen molar-refractivity contribution < 1.29 is 9.59 Å². The highest BCUT2D eigenvalue weighted by Gasteiger charge is 2.37. The molecule has 32 heavy (non-hydrogen) atoms. The van der Waals surface area contributed by atoms with Crippen molar-refractivity contribution in [3.8, 4) is 11.1 Å². The Morgan fingerprint density at radius 3 is 2.19 bits per heavy atom. The van der Waals surface area contributed by atoms with Crippen molar-refractivity contribution in [2.24, 2.45) is 0 Å². The molecule has 0 unspecified atom stereocenters. The lowest BCUT2D eigenvalue weighted by Gasteiger charge is -2.42. The Labute approximate surface area is 195 Å². The number of benzene rings is 2. The summed E-state index contributed by atoms with van der Waals surface area (Å²) in [7, 11) is 4.08. The molecule has 1 N–H and O–H groups in total. The summed E-state index contributed by atoms with van der Waals surface area (Å²) in [5.74, 6) is -0.328. The van der Waals surface area contributed by atoms with Crippen LogP contribution in [0.15, 0.2) is 35.2 Å². The smallest absolute Gasteiger partial charge is 0.290 e. The first-order valence-electron chi connectivity index (χ1n) is 11.1. The summed E-state index contributed by atoms with van der Waals surface area (Å²) in [5, 5.41) is 2.04. The lowest BCUT2D eigenvalue weighted by Crippen LogP contribution is -2.34. The minimum atomic E-state index is -0.328. The van der Waals surface area contributed by atoms with Gasteiger partial charge in [0.25, 0.3) is 11.1 Å². The van der Waals surface area contributed by atoms with Crippen molar-refractivity contribution in [2.45, 2.75) is 58.3 Å². The Balaban J connectivity index is 1.99. The van der Waals surface area contributed by atoms with Gasteiger partial charge in [0.2, 0.25) is 0 Å². The van der Waals surface area contributed by atoms with Crippen LogP contribution in [0, 0.1) is 6.92 Å². The largest absolute Gasteiger partial charge is 0.377 e. The minimum Gasteiger partial charge on any atom is -0.377 e. The molecule has 4 rings (SSSR count). The Hall–Kier alpha value is -2.53. The number of thioether (sulfide) groups is 1. The number of nitrogens with zero attached hydrogens (tertiary/aromatic N) is 1. The van der Waals surface area contributed by atoms with Crippen molar-refractivity contribution in [2.75, 3.05) is 19.0 Å². The van der Waals surface area contributed by atoms with Crippen LogP contribution in [-0.4, -0.2) is 25.2 Å². The van der Waals surface area contributed by atoms with Crippen LogP contribution in [0.25, 0.3) is 17.2 Å². The molecule has 1 fully saturated rings. The highest BCUT2D eigenvalue weighted by molar-refractivity contribution is 8.18. The second kappa shape index (κ2) is 7.80. The van der Waals surface area contributed by atoms with E-state index < -0.39 is 0 Å². The third-order valence-electron chi connectivity index (χ3n) is 6.95. The molecule has 0 saturated carbocycles. The van der Waals surface area contributed by atoms with Gasteiger partial charge < -0.3 is 4.90 Å². The highest BCUT2D eigenvalue weighted by Crippen LogP contribution is 2.49. The summed E-state index contributed by atoms with van der Waals surface area (Å²) in [4.78, 5) is 26.5. The van der Waals surface area contributed by atoms with E-state index in [1.54, 1.807) is 0 Å². The van der Waals surface area contributed by atoms with Crippen molar-refractivity contribution in [1.29, 1.82) is 0 Å². The van der Waals surface area contributed by atoms with Gasteiger partial charge in [-0.3, -0.25) is 14.9 Å². The molecule has 0 spiro atoms. The quantitative estimate of drug-likeness (QED) is 0.552. The molecule has 1 saturated heterocycles. The predicted molar refractivity (Wildman–Crippen MR) is 135 cm³/mol. The van der Waals surface area contributed by atoms with Crippen molar-refractivity contribution in [3.05, 3.63) is 57.5 Å². The zero-order valence-corrected chi connectivity index (χ0v) is 20.9. The summed E-state index contributed by atoms with van der Waals surface area (Å²) in [6.45, 7) is 11.5. The summed E-state index contributed by atoms with van der Waals surface area (Å²) in [6, 6.07) is 10.9. The molecular weight excluding hydrogens is 416 g/mol. The topological polar surface area (TPSA) is 49.4 Å². The van der Waals surface area contributed by atoms with Gasteiger partial charge in [0.05, 0.1) is 4.91 Å². The standard InChI is InChI=1S/C27H32N2O2S/c1-16-13-19-20(27(4,5)12-11-26(19,2)3)15-18(16)23-17(9-8-10-21(23)29(6)7)14-22-24(30)28-25(31)32-22/h8-10,13-15H,11-12H2,1-7H3,(H,28,30,31)/b22-14-. The normalized spacial score (nSPS) is 20.3. The third kappa shape index (κ3) is 3.88. The van der Waals surface area contributed by atoms with Crippen LogP contribution < -0.4 is 10.2 Å². The summed E-state index contributed by atoms with van der Waals surface area (Å²) in [5.41, 5.74) is 8.63. The highest BCUT2D eigenvalue weighted by atomic mass is 32.2. The summed E-state index contributed by atoms with van der Waals surface area (Å²) in [6.07, 6.45) is 4.18. The van der Waals surface area contributed by atoms with E-state index in [4.69, 9.17) is 0 Å². The maximum absolute atomic E-state index is 12.2. The molecule has 0 bridgehead atoms. The second-order valence-electron chi connectivity index (χ2n) is 10.5.